The molecule has 24 heavy (non-hydrogen) atoms. The maximum Gasteiger partial charge on any atom is 0.225 e. The molecule has 0 radical (unpaired) electrons. The molecule has 128 valence electrons. The van der Waals surface area contributed by atoms with E-state index in [0.717, 1.165) is 17.7 Å². The van der Waals surface area contributed by atoms with Crippen molar-refractivity contribution in [3.63, 3.8) is 0 Å². The molecule has 1 unspecified atom stereocenters. The number of amides is 1. The van der Waals surface area contributed by atoms with E-state index >= 15 is 0 Å². The van der Waals surface area contributed by atoms with Crippen LogP contribution in [0.1, 0.15) is 30.6 Å². The summed E-state index contributed by atoms with van der Waals surface area (Å²) in [5, 5.41) is 7.69. The molecule has 0 bridgehead atoms. The fraction of sp³-hybridized carbons (Fsp3) is 0.412. The zero-order valence-electron chi connectivity index (χ0n) is 13.7. The van der Waals surface area contributed by atoms with E-state index in [1.54, 1.807) is 23.0 Å². The van der Waals surface area contributed by atoms with E-state index in [4.69, 9.17) is 21.1 Å². The Morgan fingerprint density at radius 1 is 1.38 bits per heavy atom. The number of halogens is 1. The fourth-order valence-electron chi connectivity index (χ4n) is 2.77. The summed E-state index contributed by atoms with van der Waals surface area (Å²) in [4.78, 5) is 12.4. The molecule has 0 saturated heterocycles. The summed E-state index contributed by atoms with van der Waals surface area (Å²) in [7, 11) is 1.86. The van der Waals surface area contributed by atoms with Crippen LogP contribution in [0.15, 0.2) is 24.4 Å². The highest BCUT2D eigenvalue weighted by Gasteiger charge is 2.19. The normalized spacial score (nSPS) is 14.3. The zero-order valence-corrected chi connectivity index (χ0v) is 14.5. The first-order valence-electron chi connectivity index (χ1n) is 7.93. The van der Waals surface area contributed by atoms with Gasteiger partial charge >= 0.3 is 0 Å². The molecule has 3 rings (SSSR count). The second-order valence-corrected chi connectivity index (χ2v) is 6.08. The van der Waals surface area contributed by atoms with E-state index in [1.165, 1.54) is 0 Å². The maximum atomic E-state index is 12.4. The SMILES string of the molecule is CCC(NC(=O)Cc1cc2c(cc1Cl)OCCO2)c1ccnn1C. The lowest BCUT2D eigenvalue weighted by Crippen LogP contribution is -2.30. The Morgan fingerprint density at radius 2 is 2.08 bits per heavy atom. The minimum Gasteiger partial charge on any atom is -0.486 e. The molecule has 0 spiro atoms. The minimum absolute atomic E-state index is 0.0824. The Bertz CT molecular complexity index is 745. The van der Waals surface area contributed by atoms with Crippen LogP contribution in [0.3, 0.4) is 0 Å². The highest BCUT2D eigenvalue weighted by Crippen LogP contribution is 2.35. The van der Waals surface area contributed by atoms with Crippen LogP contribution in [0.2, 0.25) is 5.02 Å². The molecular formula is C17H20ClN3O3. The van der Waals surface area contributed by atoms with Crippen molar-refractivity contribution in [3.05, 3.63) is 40.7 Å². The summed E-state index contributed by atoms with van der Waals surface area (Å²) in [6.07, 6.45) is 2.69. The monoisotopic (exact) mass is 349 g/mol. The van der Waals surface area contributed by atoms with Crippen LogP contribution in [0, 0.1) is 0 Å². The number of aromatic nitrogens is 2. The smallest absolute Gasteiger partial charge is 0.225 e. The van der Waals surface area contributed by atoms with Crippen LogP contribution in [0.25, 0.3) is 0 Å². The van der Waals surface area contributed by atoms with Crippen molar-refractivity contribution in [2.24, 2.45) is 7.05 Å². The molecule has 6 nitrogen and oxygen atoms in total. The lowest BCUT2D eigenvalue weighted by atomic mass is 10.1. The maximum absolute atomic E-state index is 12.4. The number of nitrogens with zero attached hydrogens (tertiary/aromatic N) is 2. The van der Waals surface area contributed by atoms with Gasteiger partial charge in [0.05, 0.1) is 18.2 Å². The standard InChI is InChI=1S/C17H20ClN3O3/c1-3-13(14-4-5-19-21(14)2)20-17(22)9-11-8-15-16(10-12(11)18)24-7-6-23-15/h4-5,8,10,13H,3,6-7,9H2,1-2H3,(H,20,22). The first-order chi connectivity index (χ1) is 11.6. The van der Waals surface area contributed by atoms with Crippen LogP contribution in [0.4, 0.5) is 0 Å². The van der Waals surface area contributed by atoms with Gasteiger partial charge in [-0.1, -0.05) is 18.5 Å². The number of nitrogens with one attached hydrogen (secondary N) is 1. The third-order valence-corrected chi connectivity index (χ3v) is 4.37. The Labute approximate surface area is 145 Å². The molecule has 1 aromatic carbocycles. The molecule has 0 fully saturated rings. The molecule has 7 heteroatoms. The average molecular weight is 350 g/mol. The molecule has 1 amide bonds. The van der Waals surface area contributed by atoms with Crippen LogP contribution < -0.4 is 14.8 Å². The largest absolute Gasteiger partial charge is 0.486 e. The first-order valence-corrected chi connectivity index (χ1v) is 8.31. The van der Waals surface area contributed by atoms with Crippen LogP contribution in [0.5, 0.6) is 11.5 Å². The van der Waals surface area contributed by atoms with Gasteiger partial charge in [0.2, 0.25) is 5.91 Å². The topological polar surface area (TPSA) is 65.4 Å². The predicted octanol–water partition coefficient (Wildman–Crippen LogP) is 2.65. The molecule has 2 aromatic rings. The molecule has 2 heterocycles. The highest BCUT2D eigenvalue weighted by molar-refractivity contribution is 6.31. The lowest BCUT2D eigenvalue weighted by molar-refractivity contribution is -0.121. The number of carbonyl (C=O) groups is 1. The van der Waals surface area contributed by atoms with E-state index < -0.39 is 0 Å². The van der Waals surface area contributed by atoms with Crippen molar-refractivity contribution in [3.8, 4) is 11.5 Å². The zero-order chi connectivity index (χ0) is 17.1. The number of aryl methyl sites for hydroxylation is 1. The Balaban J connectivity index is 1.71. The van der Waals surface area contributed by atoms with E-state index in [9.17, 15) is 4.79 Å². The van der Waals surface area contributed by atoms with Crippen LogP contribution in [-0.4, -0.2) is 28.9 Å². The van der Waals surface area contributed by atoms with E-state index in [1.807, 2.05) is 20.0 Å². The second kappa shape index (κ2) is 7.13. The van der Waals surface area contributed by atoms with Gasteiger partial charge in [-0.15, -0.1) is 0 Å². The van der Waals surface area contributed by atoms with Crippen molar-refractivity contribution in [1.82, 2.24) is 15.1 Å². The van der Waals surface area contributed by atoms with Crippen LogP contribution in [-0.2, 0) is 18.3 Å². The van der Waals surface area contributed by atoms with Gasteiger partial charge in [-0.25, -0.2) is 0 Å². The Kier molecular flexibility index (Phi) is 4.94. The molecule has 0 aliphatic carbocycles. The summed E-state index contributed by atoms with van der Waals surface area (Å²) in [6, 6.07) is 5.31. The molecule has 0 saturated carbocycles. The first kappa shape index (κ1) is 16.6. The number of hydrogen-bond donors (Lipinski definition) is 1. The molecule has 1 aliphatic rings. The van der Waals surface area contributed by atoms with Gasteiger partial charge in [0.25, 0.3) is 0 Å². The molecule has 1 aromatic heterocycles. The highest BCUT2D eigenvalue weighted by atomic mass is 35.5. The Hall–Kier alpha value is -2.21. The predicted molar refractivity (Wildman–Crippen MR) is 90.5 cm³/mol. The van der Waals surface area contributed by atoms with Crippen molar-refractivity contribution in [2.75, 3.05) is 13.2 Å². The van der Waals surface area contributed by atoms with Gasteiger partial charge in [-0.3, -0.25) is 9.48 Å². The number of carbonyl (C=O) groups excluding carboxylic acids is 1. The summed E-state index contributed by atoms with van der Waals surface area (Å²) in [6.45, 7) is 3.03. The molecular weight excluding hydrogens is 330 g/mol. The summed E-state index contributed by atoms with van der Waals surface area (Å²) >= 11 is 6.27. The third-order valence-electron chi connectivity index (χ3n) is 4.02. The third kappa shape index (κ3) is 3.48. The minimum atomic E-state index is -0.0957. The van der Waals surface area contributed by atoms with Crippen LogP contribution >= 0.6 is 11.6 Å². The van der Waals surface area contributed by atoms with Gasteiger partial charge in [0.1, 0.15) is 13.2 Å². The number of benzene rings is 1. The van der Waals surface area contributed by atoms with E-state index in [-0.39, 0.29) is 18.4 Å². The molecule has 1 aliphatic heterocycles. The summed E-state index contributed by atoms with van der Waals surface area (Å²) in [5.74, 6) is 1.16. The summed E-state index contributed by atoms with van der Waals surface area (Å²) in [5.41, 5.74) is 1.69. The Morgan fingerprint density at radius 3 is 2.71 bits per heavy atom. The van der Waals surface area contributed by atoms with Crippen molar-refractivity contribution >= 4 is 17.5 Å². The van der Waals surface area contributed by atoms with Crippen molar-refractivity contribution in [2.45, 2.75) is 25.8 Å². The van der Waals surface area contributed by atoms with E-state index in [2.05, 4.69) is 10.4 Å². The van der Waals surface area contributed by atoms with Gasteiger partial charge in [-0.2, -0.15) is 5.10 Å². The van der Waals surface area contributed by atoms with Crippen molar-refractivity contribution < 1.29 is 14.3 Å². The number of rotatable bonds is 5. The fourth-order valence-corrected chi connectivity index (χ4v) is 2.99. The van der Waals surface area contributed by atoms with Gasteiger partial charge in [-0.05, 0) is 24.1 Å². The quantitative estimate of drug-likeness (QED) is 0.901. The van der Waals surface area contributed by atoms with Crippen molar-refractivity contribution in [1.29, 1.82) is 0 Å². The molecule has 1 atom stereocenters. The summed E-state index contributed by atoms with van der Waals surface area (Å²) < 4.78 is 12.8. The van der Waals surface area contributed by atoms with Gasteiger partial charge in [0.15, 0.2) is 11.5 Å². The number of fused-ring (bicyclic) bond motifs is 1. The van der Waals surface area contributed by atoms with E-state index in [0.29, 0.717) is 29.7 Å². The number of hydrogen-bond acceptors (Lipinski definition) is 4. The second-order valence-electron chi connectivity index (χ2n) is 5.67. The van der Waals surface area contributed by atoms with Gasteiger partial charge in [0, 0.05) is 24.3 Å². The number of ether oxygens (including phenoxy) is 2. The van der Waals surface area contributed by atoms with Gasteiger partial charge < -0.3 is 14.8 Å². The molecule has 1 N–H and O–H groups in total. The average Bonchev–Trinajstić information content (AvgIpc) is 2.99. The lowest BCUT2D eigenvalue weighted by Gasteiger charge is -2.20.